The molecule has 0 amide bonds. The van der Waals surface area contributed by atoms with Gasteiger partial charge in [-0.1, -0.05) is 18.2 Å². The van der Waals surface area contributed by atoms with Crippen LogP contribution in [0.2, 0.25) is 0 Å². The molecule has 3 aromatic rings. The Morgan fingerprint density at radius 1 is 0.717 bits per heavy atom. The third kappa shape index (κ3) is 9.02. The summed E-state index contributed by atoms with van der Waals surface area (Å²) >= 11 is 0. The summed E-state index contributed by atoms with van der Waals surface area (Å²) in [6, 6.07) is 9.31. The first-order valence-electron chi connectivity index (χ1n) is 15.6. The Bertz CT molecular complexity index is 2030. The Kier molecular flexibility index (Phi) is 11.6. The fourth-order valence-corrected chi connectivity index (χ4v) is 5.35. The monoisotopic (exact) mass is 736 g/mol. The summed E-state index contributed by atoms with van der Waals surface area (Å²) in [5, 5.41) is 69.9. The number of phenolic OH excluding ortho intramolecular Hbond substituents is 2. The molecule has 17 heteroatoms. The number of aromatic carboxylic acids is 2. The van der Waals surface area contributed by atoms with Gasteiger partial charge in [-0.25, -0.2) is 28.8 Å². The van der Waals surface area contributed by atoms with Gasteiger partial charge in [0.15, 0.2) is 22.9 Å². The number of phenols is 2. The molecule has 7 N–H and O–H groups in total. The van der Waals surface area contributed by atoms with Crippen molar-refractivity contribution in [2.45, 2.75) is 56.7 Å². The van der Waals surface area contributed by atoms with Gasteiger partial charge in [-0.05, 0) is 61.9 Å². The first kappa shape index (κ1) is 39.2. The van der Waals surface area contributed by atoms with Crippen molar-refractivity contribution in [2.24, 2.45) is 0 Å². The van der Waals surface area contributed by atoms with Gasteiger partial charge >= 0.3 is 35.8 Å². The van der Waals surface area contributed by atoms with Gasteiger partial charge in [-0.3, -0.25) is 4.79 Å². The van der Waals surface area contributed by atoms with Crippen molar-refractivity contribution >= 4 is 47.7 Å². The Morgan fingerprint density at radius 3 is 1.74 bits per heavy atom. The van der Waals surface area contributed by atoms with Crippen LogP contribution < -0.4 is 0 Å². The summed E-state index contributed by atoms with van der Waals surface area (Å²) in [5.41, 5.74) is -5.44. The molecule has 17 nitrogen and oxygen atoms in total. The van der Waals surface area contributed by atoms with Crippen LogP contribution in [0, 0.1) is 0 Å². The van der Waals surface area contributed by atoms with Crippen molar-refractivity contribution in [3.63, 3.8) is 0 Å². The molecule has 0 aliphatic heterocycles. The second-order valence-electron chi connectivity index (χ2n) is 12.2. The normalized spacial score (nSPS) is 19.7. The number of hydrogen-bond donors (Lipinski definition) is 7. The van der Waals surface area contributed by atoms with E-state index < -0.39 is 118 Å². The molecule has 0 spiro atoms. The van der Waals surface area contributed by atoms with E-state index in [-0.39, 0.29) is 16.7 Å². The van der Waals surface area contributed by atoms with Crippen molar-refractivity contribution in [1.29, 1.82) is 0 Å². The van der Waals surface area contributed by atoms with Gasteiger partial charge in [0.05, 0.1) is 28.4 Å². The number of aliphatic hydroxyl groups is 2. The molecular formula is C36H32O17. The van der Waals surface area contributed by atoms with Gasteiger partial charge in [0.2, 0.25) is 0 Å². The van der Waals surface area contributed by atoms with Crippen molar-refractivity contribution in [3.05, 3.63) is 99.6 Å². The van der Waals surface area contributed by atoms with Gasteiger partial charge in [-0.15, -0.1) is 0 Å². The Labute approximate surface area is 298 Å². The summed E-state index contributed by atoms with van der Waals surface area (Å²) in [6.45, 7) is 3.04. The molecule has 0 aromatic heterocycles. The zero-order valence-corrected chi connectivity index (χ0v) is 27.8. The molecule has 4 rings (SSSR count). The zero-order valence-electron chi connectivity index (χ0n) is 27.8. The van der Waals surface area contributed by atoms with Gasteiger partial charge in [0, 0.05) is 30.0 Å². The van der Waals surface area contributed by atoms with Gasteiger partial charge in [-0.2, -0.15) is 0 Å². The van der Waals surface area contributed by atoms with Crippen LogP contribution in [0.5, 0.6) is 11.5 Å². The quantitative estimate of drug-likeness (QED) is 0.0462. The Hall–Kier alpha value is -6.59. The minimum atomic E-state index is -2.72. The lowest BCUT2D eigenvalue weighted by Gasteiger charge is -2.40. The van der Waals surface area contributed by atoms with Gasteiger partial charge in [0.25, 0.3) is 0 Å². The van der Waals surface area contributed by atoms with Crippen LogP contribution in [-0.4, -0.2) is 107 Å². The van der Waals surface area contributed by atoms with Crippen LogP contribution in [0.15, 0.2) is 60.7 Å². The standard InChI is InChI=1S/C36H32O17/c1-16(2)51-33(46)22-12-18(5-7-20(22)31(42)43)29(40)19-6-8-21(32(44)45)23(13-19)34(47)53-27-15-36(50,35(48)49)14-26(30(27)41)52-28(39)10-4-17-3-9-24(37)25(38)11-17/h3-13,16,26-27,30,37-38,41,50H,14-15H2,1-2H3,(H,42,43)(H,44,45)(H,48,49)/b10-4+. The lowest BCUT2D eigenvalue weighted by Crippen LogP contribution is -2.58. The Balaban J connectivity index is 1.62. The summed E-state index contributed by atoms with van der Waals surface area (Å²) in [5.74, 6) is -10.5. The number of carboxylic acids is 3. The van der Waals surface area contributed by atoms with Gasteiger partial charge < -0.3 is 50.0 Å². The van der Waals surface area contributed by atoms with Gasteiger partial charge in [0.1, 0.15) is 18.3 Å². The van der Waals surface area contributed by atoms with E-state index in [1.165, 1.54) is 19.9 Å². The first-order chi connectivity index (χ1) is 24.8. The molecule has 278 valence electrons. The molecule has 4 unspecified atom stereocenters. The molecule has 1 aliphatic rings. The highest BCUT2D eigenvalue weighted by Gasteiger charge is 2.52. The highest BCUT2D eigenvalue weighted by atomic mass is 16.6. The van der Waals surface area contributed by atoms with E-state index in [2.05, 4.69) is 0 Å². The second kappa shape index (κ2) is 15.7. The van der Waals surface area contributed by atoms with E-state index in [4.69, 9.17) is 14.2 Å². The average Bonchev–Trinajstić information content (AvgIpc) is 3.09. The van der Waals surface area contributed by atoms with Crippen LogP contribution in [0.25, 0.3) is 6.08 Å². The summed E-state index contributed by atoms with van der Waals surface area (Å²) in [7, 11) is 0. The predicted molar refractivity (Wildman–Crippen MR) is 177 cm³/mol. The smallest absolute Gasteiger partial charge is 0.339 e. The van der Waals surface area contributed by atoms with Crippen LogP contribution in [0.1, 0.15) is 89.6 Å². The summed E-state index contributed by atoms with van der Waals surface area (Å²) in [6.07, 6.45) is -6.09. The topological polar surface area (TPSA) is 289 Å². The molecule has 3 aromatic carbocycles. The van der Waals surface area contributed by atoms with Crippen LogP contribution >= 0.6 is 0 Å². The third-order valence-electron chi connectivity index (χ3n) is 7.98. The number of carbonyl (C=O) groups is 7. The van der Waals surface area contributed by atoms with E-state index in [1.54, 1.807) is 0 Å². The number of ether oxygens (including phenoxy) is 3. The lowest BCUT2D eigenvalue weighted by molar-refractivity contribution is -0.196. The molecule has 4 atom stereocenters. The maximum atomic E-state index is 13.5. The van der Waals surface area contributed by atoms with E-state index in [9.17, 15) is 69.3 Å². The number of carboxylic acid groups (broad SMARTS) is 3. The number of carbonyl (C=O) groups excluding carboxylic acids is 4. The third-order valence-corrected chi connectivity index (χ3v) is 7.98. The highest BCUT2D eigenvalue weighted by Crippen LogP contribution is 2.34. The fourth-order valence-electron chi connectivity index (χ4n) is 5.35. The molecule has 1 fully saturated rings. The van der Waals surface area contributed by atoms with Crippen LogP contribution in [0.4, 0.5) is 0 Å². The number of esters is 3. The molecule has 0 bridgehead atoms. The molecule has 1 saturated carbocycles. The highest BCUT2D eigenvalue weighted by molar-refractivity contribution is 6.13. The zero-order chi connectivity index (χ0) is 39.4. The molecule has 0 saturated heterocycles. The summed E-state index contributed by atoms with van der Waals surface area (Å²) < 4.78 is 15.5. The molecule has 1 aliphatic carbocycles. The Morgan fingerprint density at radius 2 is 1.25 bits per heavy atom. The number of aliphatic hydroxyl groups excluding tert-OH is 1. The van der Waals surface area contributed by atoms with E-state index in [0.29, 0.717) is 0 Å². The lowest BCUT2D eigenvalue weighted by atomic mass is 9.79. The van der Waals surface area contributed by atoms with E-state index in [0.717, 1.165) is 60.7 Å². The van der Waals surface area contributed by atoms with E-state index in [1.807, 2.05) is 0 Å². The molecule has 0 heterocycles. The number of aliphatic carboxylic acids is 1. The summed E-state index contributed by atoms with van der Waals surface area (Å²) in [4.78, 5) is 87.9. The predicted octanol–water partition coefficient (Wildman–Crippen LogP) is 2.41. The number of hydrogen-bond acceptors (Lipinski definition) is 14. The minimum Gasteiger partial charge on any atom is -0.504 e. The van der Waals surface area contributed by atoms with Crippen molar-refractivity contribution < 1.29 is 83.5 Å². The number of ketones is 1. The molecule has 53 heavy (non-hydrogen) atoms. The average molecular weight is 737 g/mol. The van der Waals surface area contributed by atoms with Crippen molar-refractivity contribution in [2.75, 3.05) is 0 Å². The minimum absolute atomic E-state index is 0.233. The van der Waals surface area contributed by atoms with E-state index >= 15 is 0 Å². The van der Waals surface area contributed by atoms with Crippen LogP contribution in [-0.2, 0) is 23.8 Å². The number of benzene rings is 3. The second-order valence-corrected chi connectivity index (χ2v) is 12.2. The molecular weight excluding hydrogens is 704 g/mol. The van der Waals surface area contributed by atoms with Crippen LogP contribution in [0.3, 0.4) is 0 Å². The molecule has 0 radical (unpaired) electrons. The number of aromatic hydroxyl groups is 2. The fraction of sp³-hybridized carbons (Fsp3) is 0.250. The maximum Gasteiger partial charge on any atom is 0.339 e. The van der Waals surface area contributed by atoms with Crippen molar-refractivity contribution in [3.8, 4) is 11.5 Å². The first-order valence-corrected chi connectivity index (χ1v) is 15.6. The van der Waals surface area contributed by atoms with Crippen molar-refractivity contribution in [1.82, 2.24) is 0 Å². The number of rotatable bonds is 12. The SMILES string of the molecule is CC(C)OC(=O)c1cc(C(=O)c2ccc(C(=O)O)c(C(=O)OC3CC(O)(C(=O)O)CC(OC(=O)/C=C/c4ccc(O)c(O)c4)C3O)c2)ccc1C(=O)O. The maximum absolute atomic E-state index is 13.5. The largest absolute Gasteiger partial charge is 0.504 e.